The van der Waals surface area contributed by atoms with Gasteiger partial charge < -0.3 is 19.9 Å². The maximum atomic E-state index is 17.6. The molecule has 0 spiro atoms. The number of anilines is 1. The molecule has 2 saturated heterocycles. The molecule has 10 nitrogen and oxygen atoms in total. The fraction of sp³-hybridized carbons (Fsp3) is 0.565. The summed E-state index contributed by atoms with van der Waals surface area (Å²) in [6, 6.07) is 3.14. The number of nitrogens with one attached hydrogen (secondary N) is 1. The van der Waals surface area contributed by atoms with Gasteiger partial charge in [0.05, 0.1) is 17.6 Å². The van der Waals surface area contributed by atoms with Gasteiger partial charge in [-0.15, -0.1) is 5.54 Å². The van der Waals surface area contributed by atoms with Crippen LogP contribution < -0.4 is 15.1 Å². The van der Waals surface area contributed by atoms with E-state index in [9.17, 15) is 14.3 Å². The van der Waals surface area contributed by atoms with Crippen molar-refractivity contribution in [1.29, 1.82) is 0 Å². The second-order valence-electron chi connectivity index (χ2n) is 18.4. The van der Waals surface area contributed by atoms with Crippen LogP contribution in [0.5, 0.6) is 11.8 Å². The first kappa shape index (κ1) is 45.8. The van der Waals surface area contributed by atoms with Crippen LogP contribution in [0.25, 0.3) is 32.9 Å². The number of hydrazine groups is 1. The van der Waals surface area contributed by atoms with Gasteiger partial charge >= 0.3 is 12.1 Å². The van der Waals surface area contributed by atoms with E-state index in [0.29, 0.717) is 38.9 Å². The molecule has 2 fully saturated rings. The topological polar surface area (TPSA) is 113 Å². The summed E-state index contributed by atoms with van der Waals surface area (Å²) in [4.78, 5) is 27.6. The molecule has 0 radical (unpaired) electrons. The molecule has 1 amide bonds. The van der Waals surface area contributed by atoms with Crippen molar-refractivity contribution in [2.75, 3.05) is 37.8 Å². The molecule has 6 rings (SSSR count). The van der Waals surface area contributed by atoms with Gasteiger partial charge in [-0.3, -0.25) is 9.99 Å². The number of ether oxygens (including phenoxy) is 2. The number of phenolic OH excluding ortho intramolecular Hbond substituents is 1. The van der Waals surface area contributed by atoms with E-state index < -0.39 is 49.1 Å². The van der Waals surface area contributed by atoms with Gasteiger partial charge in [-0.2, -0.15) is 9.97 Å². The minimum absolute atomic E-state index is 0.0401. The Balaban J connectivity index is 1.58. The van der Waals surface area contributed by atoms with Gasteiger partial charge in [-0.05, 0) is 107 Å². The summed E-state index contributed by atoms with van der Waals surface area (Å²) in [6.45, 7) is 19.6. The molecule has 2 aliphatic rings. The van der Waals surface area contributed by atoms with Crippen LogP contribution in [0.4, 0.5) is 28.2 Å². The highest BCUT2D eigenvalue weighted by atomic mass is 28.3. The van der Waals surface area contributed by atoms with Crippen LogP contribution in [-0.2, 0) is 4.74 Å². The lowest BCUT2D eigenvalue weighted by Crippen LogP contribution is -2.49. The number of phenols is 1. The maximum Gasteiger partial charge on any atom is 0.429 e. The van der Waals surface area contributed by atoms with E-state index in [1.165, 1.54) is 17.3 Å². The average molecular weight is 865 g/mol. The summed E-state index contributed by atoms with van der Waals surface area (Å²) < 4.78 is 76.3. The standard InChI is InChI=1S/C46H60F4N6O4Si/c1-27(2)61(28(3)4,29(5)6)21-17-32-36(48)16-15-33-38(32)34(23-37(57)39(33)49)41-40(50)42-35(25-52-41)43(55-19-11-10-12-20-56(55)45(58)60-46(7,8)9)54-44(53-42)59-26-30-14-13-18-51-24-31(47)22-30/h15-16,23,25,27-31,51,57H,10-14,18-20,22,24,26H2,1-9H3/t30-,31-/m1/s1. The Morgan fingerprint density at radius 1 is 0.984 bits per heavy atom. The van der Waals surface area contributed by atoms with Crippen LogP contribution in [0.1, 0.15) is 106 Å². The summed E-state index contributed by atoms with van der Waals surface area (Å²) in [5, 5.41) is 17.0. The molecule has 61 heavy (non-hydrogen) atoms. The van der Waals surface area contributed by atoms with Gasteiger partial charge in [0, 0.05) is 42.2 Å². The number of benzene rings is 2. The van der Waals surface area contributed by atoms with Gasteiger partial charge in [0.25, 0.3) is 0 Å². The van der Waals surface area contributed by atoms with Crippen molar-refractivity contribution in [1.82, 2.24) is 25.3 Å². The first-order valence-corrected chi connectivity index (χ1v) is 23.9. The van der Waals surface area contributed by atoms with Crippen molar-refractivity contribution in [3.05, 3.63) is 47.4 Å². The zero-order valence-corrected chi connectivity index (χ0v) is 37.9. The number of hydrogen-bond acceptors (Lipinski definition) is 9. The third kappa shape index (κ3) is 9.70. The molecule has 2 atom stereocenters. The lowest BCUT2D eigenvalue weighted by Gasteiger charge is -2.38. The Morgan fingerprint density at radius 2 is 1.69 bits per heavy atom. The summed E-state index contributed by atoms with van der Waals surface area (Å²) in [7, 11) is -2.44. The van der Waals surface area contributed by atoms with E-state index in [2.05, 4.69) is 68.3 Å². The SMILES string of the molecule is CC(C)[Si](C#Cc1c(F)ccc2c(F)c(O)cc(-c3ncc4c(N5CCCCCN5C(=O)OC(C)(C)C)nc(OC[C@@H]5CCCNC[C@H](F)C5)nc4c3F)c12)(C(C)C)C(C)C. The zero-order chi connectivity index (χ0) is 44.4. The minimum atomic E-state index is -2.44. The highest BCUT2D eigenvalue weighted by molar-refractivity contribution is 6.90. The number of aromatic nitrogens is 3. The molecule has 0 aliphatic carbocycles. The second-order valence-corrected chi connectivity index (χ2v) is 24.0. The summed E-state index contributed by atoms with van der Waals surface area (Å²) in [5.41, 5.74) is 2.53. The molecule has 2 aliphatic heterocycles. The first-order chi connectivity index (χ1) is 28.8. The summed E-state index contributed by atoms with van der Waals surface area (Å²) in [5.74, 6) is -0.402. The molecule has 330 valence electrons. The minimum Gasteiger partial charge on any atom is -0.505 e. The van der Waals surface area contributed by atoms with Crippen LogP contribution in [-0.4, -0.2) is 83.8 Å². The van der Waals surface area contributed by atoms with Crippen molar-refractivity contribution in [3.63, 3.8) is 0 Å². The molecule has 0 bridgehead atoms. The molecule has 0 saturated carbocycles. The maximum absolute atomic E-state index is 17.6. The second kappa shape index (κ2) is 18.7. The fourth-order valence-corrected chi connectivity index (χ4v) is 14.4. The zero-order valence-electron chi connectivity index (χ0n) is 36.9. The van der Waals surface area contributed by atoms with Crippen LogP contribution >= 0.6 is 0 Å². The molecular formula is C46H60F4N6O4Si. The van der Waals surface area contributed by atoms with E-state index in [-0.39, 0.29) is 92.4 Å². The normalized spacial score (nSPS) is 18.3. The third-order valence-corrected chi connectivity index (χ3v) is 18.4. The quantitative estimate of drug-likeness (QED) is 0.102. The highest BCUT2D eigenvalue weighted by Crippen LogP contribution is 2.43. The Kier molecular flexibility index (Phi) is 14.1. The number of nitrogens with zero attached hydrogens (tertiary/aromatic N) is 5. The Labute approximate surface area is 357 Å². The number of fused-ring (bicyclic) bond motifs is 2. The summed E-state index contributed by atoms with van der Waals surface area (Å²) in [6.07, 6.45) is 3.57. The fourth-order valence-electron chi connectivity index (χ4n) is 9.18. The largest absolute Gasteiger partial charge is 0.505 e. The Hall–Kier alpha value is -4.68. The van der Waals surface area contributed by atoms with Crippen molar-refractivity contribution >= 4 is 41.7 Å². The van der Waals surface area contributed by atoms with Crippen LogP contribution in [0.2, 0.25) is 16.6 Å². The van der Waals surface area contributed by atoms with Crippen molar-refractivity contribution in [3.8, 4) is 34.5 Å². The number of carbonyl (C=O) groups is 1. The number of carbonyl (C=O) groups excluding carboxylic acids is 1. The molecule has 4 heterocycles. The lowest BCUT2D eigenvalue weighted by molar-refractivity contribution is 0.0232. The van der Waals surface area contributed by atoms with Crippen molar-refractivity contribution in [2.45, 2.75) is 129 Å². The number of alkyl halides is 1. The van der Waals surface area contributed by atoms with Crippen LogP contribution in [0.15, 0.2) is 24.4 Å². The Bertz CT molecular complexity index is 2290. The number of amides is 1. The van der Waals surface area contributed by atoms with E-state index in [0.717, 1.165) is 25.0 Å². The predicted molar refractivity (Wildman–Crippen MR) is 234 cm³/mol. The van der Waals surface area contributed by atoms with E-state index >= 15 is 13.2 Å². The lowest BCUT2D eigenvalue weighted by atomic mass is 9.95. The van der Waals surface area contributed by atoms with Gasteiger partial charge in [0.2, 0.25) is 0 Å². The van der Waals surface area contributed by atoms with Gasteiger partial charge in [-0.1, -0.05) is 47.5 Å². The number of aromatic hydroxyl groups is 1. The number of pyridine rings is 1. The van der Waals surface area contributed by atoms with Crippen LogP contribution in [0, 0.1) is 34.8 Å². The smallest absolute Gasteiger partial charge is 0.429 e. The van der Waals surface area contributed by atoms with E-state index in [1.807, 2.05) is 0 Å². The van der Waals surface area contributed by atoms with Gasteiger partial charge in [0.15, 0.2) is 23.2 Å². The van der Waals surface area contributed by atoms with E-state index in [1.54, 1.807) is 25.8 Å². The van der Waals surface area contributed by atoms with E-state index in [4.69, 9.17) is 14.5 Å². The molecule has 15 heteroatoms. The number of hydrogen-bond donors (Lipinski definition) is 2. The number of rotatable bonds is 8. The third-order valence-electron chi connectivity index (χ3n) is 12.1. The number of halogens is 4. The molecule has 4 aromatic rings. The van der Waals surface area contributed by atoms with Gasteiger partial charge in [0.1, 0.15) is 36.9 Å². The Morgan fingerprint density at radius 3 is 2.38 bits per heavy atom. The van der Waals surface area contributed by atoms with Crippen molar-refractivity contribution in [2.24, 2.45) is 5.92 Å². The van der Waals surface area contributed by atoms with Crippen molar-refractivity contribution < 1.29 is 36.9 Å². The van der Waals surface area contributed by atoms with Gasteiger partial charge in [-0.25, -0.2) is 27.4 Å². The summed E-state index contributed by atoms with van der Waals surface area (Å²) >= 11 is 0. The van der Waals surface area contributed by atoms with Crippen LogP contribution in [0.3, 0.4) is 0 Å². The molecule has 0 unspecified atom stereocenters. The average Bonchev–Trinajstić information content (AvgIpc) is 3.43. The highest BCUT2D eigenvalue weighted by Gasteiger charge is 2.42. The molecular weight excluding hydrogens is 805 g/mol. The molecule has 2 aromatic carbocycles. The predicted octanol–water partition coefficient (Wildman–Crippen LogP) is 10.8. The molecule has 2 N–H and O–H groups in total. The molecule has 2 aromatic heterocycles. The monoisotopic (exact) mass is 864 g/mol. The first-order valence-electron chi connectivity index (χ1n) is 21.6.